The molecule has 0 amide bonds. The van der Waals surface area contributed by atoms with Crippen LogP contribution in [0, 0.1) is 0 Å². The Morgan fingerprint density at radius 2 is 1.18 bits per heavy atom. The standard InChI is InChI=1S/CH2I2O6S2/c2-8-10(4,5)1-11(6,7)9-3/h1H2. The SMILES string of the molecule is O=S(=O)(CS(=O)(=O)OI)OI. The van der Waals surface area contributed by atoms with Crippen LogP contribution in [0.25, 0.3) is 0 Å². The maximum absolute atomic E-state index is 10.5. The molecule has 0 saturated carbocycles. The van der Waals surface area contributed by atoms with Crippen LogP contribution in [0.1, 0.15) is 0 Å². The van der Waals surface area contributed by atoms with E-state index in [1.54, 1.807) is 0 Å². The lowest BCUT2D eigenvalue weighted by Gasteiger charge is -1.97. The Hall–Kier alpha value is 1.28. The van der Waals surface area contributed by atoms with Gasteiger partial charge in [-0.3, -0.25) is 0 Å². The van der Waals surface area contributed by atoms with Crippen LogP contribution in [0.15, 0.2) is 0 Å². The van der Waals surface area contributed by atoms with Crippen molar-refractivity contribution in [2.24, 2.45) is 0 Å². The number of hydrogen-bond acceptors (Lipinski definition) is 6. The summed E-state index contributed by atoms with van der Waals surface area (Å²) in [5, 5.41) is -1.17. The highest BCUT2D eigenvalue weighted by Gasteiger charge is 2.22. The summed E-state index contributed by atoms with van der Waals surface area (Å²) in [7, 11) is -8.04. The molecule has 0 aliphatic carbocycles. The maximum atomic E-state index is 10.5. The average Bonchev–Trinajstić information content (AvgIpc) is 1.86. The quantitative estimate of drug-likeness (QED) is 0.601. The van der Waals surface area contributed by atoms with E-state index in [1.807, 2.05) is 0 Å². The van der Waals surface area contributed by atoms with Crippen molar-refractivity contribution in [2.45, 2.75) is 0 Å². The van der Waals surface area contributed by atoms with Crippen LogP contribution in [0.5, 0.6) is 0 Å². The van der Waals surface area contributed by atoms with Crippen molar-refractivity contribution < 1.29 is 21.9 Å². The summed E-state index contributed by atoms with van der Waals surface area (Å²) >= 11 is 2.15. The van der Waals surface area contributed by atoms with E-state index in [-0.39, 0.29) is 0 Å². The van der Waals surface area contributed by atoms with Gasteiger partial charge in [-0.25, -0.2) is 0 Å². The number of rotatable bonds is 4. The van der Waals surface area contributed by atoms with Crippen molar-refractivity contribution in [1.29, 1.82) is 0 Å². The molecule has 0 aromatic rings. The van der Waals surface area contributed by atoms with Crippen LogP contribution in [0.3, 0.4) is 0 Å². The lowest BCUT2D eigenvalue weighted by atomic mass is 11.9. The van der Waals surface area contributed by atoms with Gasteiger partial charge in [0, 0.05) is 0 Å². The highest BCUT2D eigenvalue weighted by atomic mass is 127. The van der Waals surface area contributed by atoms with Crippen molar-refractivity contribution >= 4 is 66.2 Å². The zero-order chi connectivity index (χ0) is 9.12. The summed E-state index contributed by atoms with van der Waals surface area (Å²) < 4.78 is 49.6. The van der Waals surface area contributed by atoms with Crippen molar-refractivity contribution in [3.05, 3.63) is 0 Å². The molecular weight excluding hydrogens is 426 g/mol. The monoisotopic (exact) mass is 428 g/mol. The molecule has 68 valence electrons. The van der Waals surface area contributed by atoms with Crippen molar-refractivity contribution in [2.75, 3.05) is 5.08 Å². The van der Waals surface area contributed by atoms with Gasteiger partial charge < -0.3 is 0 Å². The molecule has 0 aromatic carbocycles. The molecule has 0 heterocycles. The van der Waals surface area contributed by atoms with Gasteiger partial charge in [0.15, 0.2) is 0 Å². The fourth-order valence-electron chi connectivity index (χ4n) is 0.213. The second-order valence-electron chi connectivity index (χ2n) is 1.36. The van der Waals surface area contributed by atoms with E-state index in [0.29, 0.717) is 0 Å². The van der Waals surface area contributed by atoms with Gasteiger partial charge in [-0.15, -0.1) is 0 Å². The molecule has 0 N–H and O–H groups in total. The third-order valence-electron chi connectivity index (χ3n) is 0.481. The van der Waals surface area contributed by atoms with E-state index < -0.39 is 25.3 Å². The summed E-state index contributed by atoms with van der Waals surface area (Å²) in [6.07, 6.45) is 0. The van der Waals surface area contributed by atoms with E-state index in [0.717, 1.165) is 46.0 Å². The van der Waals surface area contributed by atoms with Gasteiger partial charge in [0.1, 0.15) is 46.0 Å². The molecule has 10 heteroatoms. The van der Waals surface area contributed by atoms with Gasteiger partial charge in [0.2, 0.25) is 5.08 Å². The molecular formula is CH2I2O6S2. The lowest BCUT2D eigenvalue weighted by molar-refractivity contribution is 0.526. The minimum atomic E-state index is -4.02. The first kappa shape index (κ1) is 12.3. The van der Waals surface area contributed by atoms with Crippen LogP contribution in [-0.2, 0) is 25.3 Å². The third kappa shape index (κ3) is 5.51. The zero-order valence-electron chi connectivity index (χ0n) is 4.73. The van der Waals surface area contributed by atoms with Gasteiger partial charge >= 0.3 is 0 Å². The molecule has 0 spiro atoms. The summed E-state index contributed by atoms with van der Waals surface area (Å²) in [4.78, 5) is 0. The zero-order valence-corrected chi connectivity index (χ0v) is 10.7. The predicted octanol–water partition coefficient (Wildman–Crippen LogP) is 0.337. The fourth-order valence-corrected chi connectivity index (χ4v) is 3.79. The molecule has 0 fully saturated rings. The summed E-state index contributed by atoms with van der Waals surface area (Å²) in [5.41, 5.74) is 0. The van der Waals surface area contributed by atoms with E-state index >= 15 is 0 Å². The van der Waals surface area contributed by atoms with E-state index in [1.165, 1.54) is 0 Å². The Kier molecular flexibility index (Phi) is 5.02. The van der Waals surface area contributed by atoms with Crippen LogP contribution >= 0.6 is 46.0 Å². The molecule has 0 rings (SSSR count). The third-order valence-corrected chi connectivity index (χ3v) is 6.46. The van der Waals surface area contributed by atoms with Crippen molar-refractivity contribution in [3.63, 3.8) is 0 Å². The van der Waals surface area contributed by atoms with Gasteiger partial charge in [-0.2, -0.15) is 21.9 Å². The largest absolute Gasteiger partial charge is 0.293 e. The Balaban J connectivity index is 4.54. The molecule has 0 aliphatic rings. The van der Waals surface area contributed by atoms with Gasteiger partial charge in [0.25, 0.3) is 20.2 Å². The van der Waals surface area contributed by atoms with E-state index in [2.05, 4.69) is 5.03 Å². The van der Waals surface area contributed by atoms with Crippen molar-refractivity contribution in [3.8, 4) is 0 Å². The molecule has 0 aromatic heterocycles. The van der Waals surface area contributed by atoms with Gasteiger partial charge in [0.05, 0.1) is 0 Å². The smallest absolute Gasteiger partial charge is 0.198 e. The van der Waals surface area contributed by atoms with Crippen LogP contribution in [0.4, 0.5) is 0 Å². The molecule has 0 radical (unpaired) electrons. The normalized spacial score (nSPS) is 13.3. The van der Waals surface area contributed by atoms with E-state index in [4.69, 9.17) is 0 Å². The molecule has 11 heavy (non-hydrogen) atoms. The maximum Gasteiger partial charge on any atom is 0.293 e. The summed E-state index contributed by atoms with van der Waals surface area (Å²) in [5.74, 6) is 0. The number of halogens is 2. The van der Waals surface area contributed by atoms with Gasteiger partial charge in [-0.1, -0.05) is 0 Å². The Morgan fingerprint density at radius 1 is 0.909 bits per heavy atom. The lowest BCUT2D eigenvalue weighted by Crippen LogP contribution is -2.15. The molecule has 6 nitrogen and oxygen atoms in total. The minimum Gasteiger partial charge on any atom is -0.198 e. The molecule has 0 saturated heterocycles. The predicted molar refractivity (Wildman–Crippen MR) is 52.9 cm³/mol. The molecule has 0 bridgehead atoms. The van der Waals surface area contributed by atoms with Crippen LogP contribution in [0.2, 0.25) is 0 Å². The second kappa shape index (κ2) is 4.50. The first-order valence-electron chi connectivity index (χ1n) is 1.89. The first-order valence-corrected chi connectivity index (χ1v) is 6.80. The molecule has 0 unspecified atom stereocenters. The van der Waals surface area contributed by atoms with Crippen LogP contribution < -0.4 is 0 Å². The Labute approximate surface area is 92.3 Å². The van der Waals surface area contributed by atoms with Crippen molar-refractivity contribution in [1.82, 2.24) is 0 Å². The van der Waals surface area contributed by atoms with E-state index in [9.17, 15) is 16.8 Å². The van der Waals surface area contributed by atoms with Gasteiger partial charge in [-0.05, 0) is 0 Å². The fraction of sp³-hybridized carbons (Fsp3) is 1.00. The highest BCUT2D eigenvalue weighted by molar-refractivity contribution is 14.1. The Bertz CT molecular complexity index is 267. The minimum absolute atomic E-state index is 1.08. The number of hydrogen-bond donors (Lipinski definition) is 0. The summed E-state index contributed by atoms with van der Waals surface area (Å²) in [6, 6.07) is 0. The molecule has 0 aliphatic heterocycles. The first-order chi connectivity index (χ1) is 4.83. The second-order valence-corrected chi connectivity index (χ2v) is 6.94. The van der Waals surface area contributed by atoms with Crippen LogP contribution in [-0.4, -0.2) is 21.9 Å². The topological polar surface area (TPSA) is 86.7 Å². The average molecular weight is 428 g/mol. The highest BCUT2D eigenvalue weighted by Crippen LogP contribution is 2.07. The molecule has 0 atom stereocenters. The Morgan fingerprint density at radius 3 is 1.36 bits per heavy atom. The summed E-state index contributed by atoms with van der Waals surface area (Å²) in [6.45, 7) is 0.